The van der Waals surface area contributed by atoms with Crippen molar-refractivity contribution in [2.45, 2.75) is 6.54 Å². The Labute approximate surface area is 121 Å². The Balaban J connectivity index is 2.28. The highest BCUT2D eigenvalue weighted by atomic mass is 16.5. The minimum absolute atomic E-state index is 0.622. The molecule has 1 aromatic heterocycles. The van der Waals surface area contributed by atoms with Crippen LogP contribution in [-0.4, -0.2) is 64.5 Å². The molecule has 0 fully saturated rings. The summed E-state index contributed by atoms with van der Waals surface area (Å²) < 4.78 is 16.1. The van der Waals surface area contributed by atoms with Crippen molar-refractivity contribution >= 4 is 0 Å². The number of methoxy groups -OCH3 is 2. The first-order chi connectivity index (χ1) is 9.69. The third-order valence-corrected chi connectivity index (χ3v) is 2.76. The summed E-state index contributed by atoms with van der Waals surface area (Å²) in [6.45, 7) is 3.76. The highest BCUT2D eigenvalue weighted by molar-refractivity contribution is 5.42. The van der Waals surface area contributed by atoms with Gasteiger partial charge in [-0.2, -0.15) is 0 Å². The van der Waals surface area contributed by atoms with Crippen molar-refractivity contribution < 1.29 is 14.2 Å². The molecule has 1 rings (SSSR count). The summed E-state index contributed by atoms with van der Waals surface area (Å²) >= 11 is 0. The summed E-state index contributed by atoms with van der Waals surface area (Å²) in [5, 5.41) is 3.28. The minimum Gasteiger partial charge on any atom is -0.493 e. The van der Waals surface area contributed by atoms with Crippen LogP contribution in [0.2, 0.25) is 0 Å². The van der Waals surface area contributed by atoms with Crippen LogP contribution in [0.5, 0.6) is 11.5 Å². The molecule has 6 heteroatoms. The van der Waals surface area contributed by atoms with Crippen molar-refractivity contribution in [2.75, 3.05) is 54.6 Å². The maximum Gasteiger partial charge on any atom is 0.183 e. The van der Waals surface area contributed by atoms with Crippen LogP contribution in [0.25, 0.3) is 0 Å². The third-order valence-electron chi connectivity index (χ3n) is 2.76. The number of likely N-dealkylation sites (N-methyl/N-ethyl adjacent to an activating group) is 1. The molecule has 0 bridgehead atoms. The second-order valence-electron chi connectivity index (χ2n) is 4.59. The van der Waals surface area contributed by atoms with E-state index in [4.69, 9.17) is 14.2 Å². The van der Waals surface area contributed by atoms with Gasteiger partial charge >= 0.3 is 0 Å². The third kappa shape index (κ3) is 5.73. The number of hydrogen-bond donors (Lipinski definition) is 1. The molecule has 0 radical (unpaired) electrons. The number of rotatable bonds is 10. The summed E-state index contributed by atoms with van der Waals surface area (Å²) in [6, 6.07) is 1.78. The number of aromatic nitrogens is 1. The Morgan fingerprint density at radius 1 is 1.20 bits per heavy atom. The largest absolute Gasteiger partial charge is 0.493 e. The fraction of sp³-hybridized carbons (Fsp3) is 0.643. The standard InChI is InChI=1S/C14H25N3O3/c1-17(2)8-10-20-9-7-15-11-12-14(19-4)13(18-3)5-6-16-12/h5-6,15H,7-11H2,1-4H3. The maximum atomic E-state index is 5.50. The van der Waals surface area contributed by atoms with Crippen LogP contribution < -0.4 is 14.8 Å². The normalized spacial score (nSPS) is 10.8. The van der Waals surface area contributed by atoms with E-state index < -0.39 is 0 Å². The molecule has 0 spiro atoms. The van der Waals surface area contributed by atoms with Gasteiger partial charge in [0, 0.05) is 31.9 Å². The fourth-order valence-corrected chi connectivity index (χ4v) is 1.68. The molecular formula is C14H25N3O3. The summed E-state index contributed by atoms with van der Waals surface area (Å²) in [5.74, 6) is 1.37. The van der Waals surface area contributed by atoms with Crippen LogP contribution in [-0.2, 0) is 11.3 Å². The molecule has 114 valence electrons. The van der Waals surface area contributed by atoms with Crippen LogP contribution in [0.3, 0.4) is 0 Å². The number of ether oxygens (including phenoxy) is 3. The van der Waals surface area contributed by atoms with Crippen LogP contribution in [0.1, 0.15) is 5.69 Å². The molecule has 6 nitrogen and oxygen atoms in total. The number of hydrogen-bond acceptors (Lipinski definition) is 6. The van der Waals surface area contributed by atoms with Crippen molar-refractivity contribution in [1.29, 1.82) is 0 Å². The molecule has 1 N–H and O–H groups in total. The Hall–Kier alpha value is -1.37. The SMILES string of the molecule is COc1ccnc(CNCCOCCN(C)C)c1OC. The van der Waals surface area contributed by atoms with Gasteiger partial charge in [0.2, 0.25) is 0 Å². The Morgan fingerprint density at radius 3 is 2.65 bits per heavy atom. The molecule has 0 atom stereocenters. The van der Waals surface area contributed by atoms with E-state index in [0.717, 1.165) is 25.4 Å². The van der Waals surface area contributed by atoms with Gasteiger partial charge in [-0.25, -0.2) is 0 Å². The van der Waals surface area contributed by atoms with Crippen molar-refractivity contribution in [3.63, 3.8) is 0 Å². The van der Waals surface area contributed by atoms with Crippen molar-refractivity contribution in [3.05, 3.63) is 18.0 Å². The number of pyridine rings is 1. The molecule has 0 aromatic carbocycles. The van der Waals surface area contributed by atoms with Crippen molar-refractivity contribution in [1.82, 2.24) is 15.2 Å². The molecule has 0 saturated carbocycles. The van der Waals surface area contributed by atoms with Crippen LogP contribution in [0.4, 0.5) is 0 Å². The lowest BCUT2D eigenvalue weighted by Gasteiger charge is -2.12. The number of nitrogens with one attached hydrogen (secondary N) is 1. The van der Waals surface area contributed by atoms with Gasteiger partial charge < -0.3 is 24.4 Å². The average Bonchev–Trinajstić information content (AvgIpc) is 2.45. The van der Waals surface area contributed by atoms with Gasteiger partial charge in [0.05, 0.1) is 33.1 Å². The zero-order valence-electron chi connectivity index (χ0n) is 12.8. The lowest BCUT2D eigenvalue weighted by Crippen LogP contribution is -2.23. The van der Waals surface area contributed by atoms with Gasteiger partial charge in [0.25, 0.3) is 0 Å². The molecular weight excluding hydrogens is 258 g/mol. The van der Waals surface area contributed by atoms with E-state index in [1.807, 2.05) is 14.1 Å². The Bertz CT molecular complexity index is 386. The van der Waals surface area contributed by atoms with E-state index >= 15 is 0 Å². The van der Waals surface area contributed by atoms with Crippen LogP contribution >= 0.6 is 0 Å². The molecule has 20 heavy (non-hydrogen) atoms. The average molecular weight is 283 g/mol. The smallest absolute Gasteiger partial charge is 0.183 e. The first kappa shape index (κ1) is 16.7. The Kier molecular flexibility index (Phi) is 7.94. The van der Waals surface area contributed by atoms with E-state index in [9.17, 15) is 0 Å². The lowest BCUT2D eigenvalue weighted by atomic mass is 10.3. The van der Waals surface area contributed by atoms with Crippen LogP contribution in [0, 0.1) is 0 Å². The molecule has 0 amide bonds. The summed E-state index contributed by atoms with van der Waals surface area (Å²) in [4.78, 5) is 6.40. The number of nitrogens with zero attached hydrogens (tertiary/aromatic N) is 2. The van der Waals surface area contributed by atoms with Gasteiger partial charge in [-0.3, -0.25) is 4.98 Å². The topological polar surface area (TPSA) is 55.8 Å². The van der Waals surface area contributed by atoms with E-state index in [0.29, 0.717) is 24.7 Å². The molecule has 1 heterocycles. The first-order valence-corrected chi connectivity index (χ1v) is 6.68. The minimum atomic E-state index is 0.622. The van der Waals surface area contributed by atoms with Gasteiger partial charge in [-0.15, -0.1) is 0 Å². The van der Waals surface area contributed by atoms with Crippen LogP contribution in [0.15, 0.2) is 12.3 Å². The van der Waals surface area contributed by atoms with E-state index in [2.05, 4.69) is 15.2 Å². The van der Waals surface area contributed by atoms with Gasteiger partial charge in [-0.05, 0) is 14.1 Å². The first-order valence-electron chi connectivity index (χ1n) is 6.68. The van der Waals surface area contributed by atoms with E-state index in [-0.39, 0.29) is 0 Å². The predicted molar refractivity (Wildman–Crippen MR) is 78.4 cm³/mol. The van der Waals surface area contributed by atoms with Gasteiger partial charge in [-0.1, -0.05) is 0 Å². The quantitative estimate of drug-likeness (QED) is 0.640. The summed E-state index contributed by atoms with van der Waals surface area (Å²) in [5.41, 5.74) is 0.833. The molecule has 0 unspecified atom stereocenters. The summed E-state index contributed by atoms with van der Waals surface area (Å²) in [7, 11) is 7.30. The zero-order chi connectivity index (χ0) is 14.8. The molecule has 0 saturated heterocycles. The van der Waals surface area contributed by atoms with E-state index in [1.165, 1.54) is 0 Å². The monoisotopic (exact) mass is 283 g/mol. The van der Waals surface area contributed by atoms with Gasteiger partial charge in [0.15, 0.2) is 11.5 Å². The lowest BCUT2D eigenvalue weighted by molar-refractivity contribution is 0.119. The second kappa shape index (κ2) is 9.52. The van der Waals surface area contributed by atoms with Crippen molar-refractivity contribution in [2.24, 2.45) is 0 Å². The van der Waals surface area contributed by atoms with E-state index in [1.54, 1.807) is 26.5 Å². The molecule has 0 aliphatic rings. The predicted octanol–water partition coefficient (Wildman–Crippen LogP) is 0.767. The zero-order valence-corrected chi connectivity index (χ0v) is 12.8. The van der Waals surface area contributed by atoms with Crippen molar-refractivity contribution in [3.8, 4) is 11.5 Å². The summed E-state index contributed by atoms with van der Waals surface area (Å²) in [6.07, 6.45) is 1.71. The highest BCUT2D eigenvalue weighted by Crippen LogP contribution is 2.28. The molecule has 0 aliphatic heterocycles. The highest BCUT2D eigenvalue weighted by Gasteiger charge is 2.10. The van der Waals surface area contributed by atoms with Gasteiger partial charge in [0.1, 0.15) is 0 Å². The fourth-order valence-electron chi connectivity index (χ4n) is 1.68. The molecule has 0 aliphatic carbocycles. The second-order valence-corrected chi connectivity index (χ2v) is 4.59. The molecule has 1 aromatic rings. The Morgan fingerprint density at radius 2 is 2.00 bits per heavy atom. The maximum absolute atomic E-state index is 5.50.